The van der Waals surface area contributed by atoms with E-state index in [0.29, 0.717) is 41.6 Å². The van der Waals surface area contributed by atoms with Crippen LogP contribution in [0.3, 0.4) is 0 Å². The lowest BCUT2D eigenvalue weighted by Gasteiger charge is -2.36. The summed E-state index contributed by atoms with van der Waals surface area (Å²) in [6.07, 6.45) is 5.29. The standard InChI is InChI=1S/C36H44N8O5/c1-7-30(45)39-27-15-11-13-25(19-27)32(46)40-26-14-10-12-24(18-26)20-37-33-42-34(41-31-29(23(2)3)21-38-44(31)33)48-22-28-16-8-9-17-43(28)35(47)49-36(4,5)6/h7,10-15,18-19,21,23,28H,1,8-9,16-17,20,22H2,2-6H3,(H,39,45)(H,40,46)(H,37,41,42). The van der Waals surface area contributed by atoms with Crippen LogP contribution in [0, 0.1) is 0 Å². The third-order valence-electron chi connectivity index (χ3n) is 7.87. The fourth-order valence-electron chi connectivity index (χ4n) is 5.44. The molecule has 3 amide bonds. The van der Waals surface area contributed by atoms with E-state index in [2.05, 4.69) is 46.5 Å². The molecule has 1 aliphatic heterocycles. The molecule has 2 aromatic carbocycles. The number of carbonyl (C=O) groups is 3. The highest BCUT2D eigenvalue weighted by atomic mass is 16.6. The molecular formula is C36H44N8O5. The van der Waals surface area contributed by atoms with Crippen LogP contribution in [-0.2, 0) is 16.1 Å². The van der Waals surface area contributed by atoms with E-state index >= 15 is 0 Å². The van der Waals surface area contributed by atoms with Crippen molar-refractivity contribution in [2.75, 3.05) is 29.1 Å². The average molecular weight is 669 g/mol. The lowest BCUT2D eigenvalue weighted by Crippen LogP contribution is -2.48. The molecule has 0 radical (unpaired) electrons. The van der Waals surface area contributed by atoms with E-state index in [1.807, 2.05) is 39.0 Å². The second kappa shape index (κ2) is 15.2. The van der Waals surface area contributed by atoms with Gasteiger partial charge in [0, 0.05) is 35.6 Å². The molecule has 1 fully saturated rings. The first kappa shape index (κ1) is 34.9. The molecule has 258 valence electrons. The minimum atomic E-state index is -0.591. The number of nitrogens with one attached hydrogen (secondary N) is 3. The Kier molecular flexibility index (Phi) is 10.8. The van der Waals surface area contributed by atoms with Gasteiger partial charge in [0.2, 0.25) is 11.9 Å². The number of hydrogen-bond donors (Lipinski definition) is 3. The summed E-state index contributed by atoms with van der Waals surface area (Å²) in [6, 6.07) is 14.1. The van der Waals surface area contributed by atoms with Crippen molar-refractivity contribution in [3.05, 3.63) is 84.1 Å². The molecule has 1 saturated heterocycles. The van der Waals surface area contributed by atoms with Gasteiger partial charge in [0.1, 0.15) is 12.2 Å². The number of aromatic nitrogens is 4. The summed E-state index contributed by atoms with van der Waals surface area (Å²) in [5, 5.41) is 13.5. The van der Waals surface area contributed by atoms with Gasteiger partial charge in [0.15, 0.2) is 5.65 Å². The van der Waals surface area contributed by atoms with Crippen LogP contribution in [-0.4, -0.2) is 67.2 Å². The maximum absolute atomic E-state index is 13.0. The van der Waals surface area contributed by atoms with E-state index in [-0.39, 0.29) is 42.5 Å². The average Bonchev–Trinajstić information content (AvgIpc) is 3.50. The molecule has 13 heteroatoms. The van der Waals surface area contributed by atoms with Crippen LogP contribution in [0.5, 0.6) is 6.01 Å². The molecule has 2 aromatic heterocycles. The van der Waals surface area contributed by atoms with E-state index in [1.54, 1.807) is 45.9 Å². The van der Waals surface area contributed by atoms with Crippen LogP contribution in [0.1, 0.15) is 81.3 Å². The Morgan fingerprint density at radius 2 is 1.80 bits per heavy atom. The van der Waals surface area contributed by atoms with Gasteiger partial charge in [-0.05, 0) is 87.9 Å². The van der Waals surface area contributed by atoms with Gasteiger partial charge < -0.3 is 30.3 Å². The van der Waals surface area contributed by atoms with Crippen molar-refractivity contribution in [2.45, 2.75) is 78.0 Å². The van der Waals surface area contributed by atoms with E-state index in [0.717, 1.165) is 30.4 Å². The van der Waals surface area contributed by atoms with Gasteiger partial charge >= 0.3 is 12.1 Å². The number of rotatable bonds is 11. The number of fused-ring (bicyclic) bond motifs is 1. The number of benzene rings is 2. The number of piperidine rings is 1. The minimum absolute atomic E-state index is 0.161. The Morgan fingerprint density at radius 3 is 2.53 bits per heavy atom. The van der Waals surface area contributed by atoms with E-state index in [9.17, 15) is 14.4 Å². The van der Waals surface area contributed by atoms with Crippen LogP contribution in [0.25, 0.3) is 5.65 Å². The SMILES string of the molecule is C=CC(=O)Nc1cccc(C(=O)Nc2cccc(CNc3nc(OCC4CCCCN4C(=O)OC(C)(C)C)nc4c(C(C)C)cnn34)c2)c1. The number of ether oxygens (including phenoxy) is 2. The van der Waals surface area contributed by atoms with Crippen molar-refractivity contribution in [3.63, 3.8) is 0 Å². The summed E-state index contributed by atoms with van der Waals surface area (Å²) >= 11 is 0. The second-order valence-corrected chi connectivity index (χ2v) is 13.2. The minimum Gasteiger partial charge on any atom is -0.461 e. The number of hydrogen-bond acceptors (Lipinski definition) is 9. The Balaban J connectivity index is 1.30. The van der Waals surface area contributed by atoms with E-state index < -0.39 is 5.60 Å². The normalized spacial score (nSPS) is 14.7. The highest BCUT2D eigenvalue weighted by Crippen LogP contribution is 2.25. The van der Waals surface area contributed by atoms with Crippen molar-refractivity contribution in [2.24, 2.45) is 0 Å². The predicted molar refractivity (Wildman–Crippen MR) is 188 cm³/mol. The quantitative estimate of drug-likeness (QED) is 0.154. The molecule has 0 aliphatic carbocycles. The molecule has 5 rings (SSSR count). The maximum Gasteiger partial charge on any atom is 0.410 e. The summed E-state index contributed by atoms with van der Waals surface area (Å²) in [5.74, 6) is -0.0807. The Morgan fingerprint density at radius 1 is 1.04 bits per heavy atom. The molecule has 1 atom stereocenters. The molecule has 0 bridgehead atoms. The number of carbonyl (C=O) groups excluding carboxylic acids is 3. The number of nitrogens with zero attached hydrogens (tertiary/aromatic N) is 5. The number of likely N-dealkylation sites (tertiary alicyclic amines) is 1. The second-order valence-electron chi connectivity index (χ2n) is 13.2. The lowest BCUT2D eigenvalue weighted by atomic mass is 10.0. The highest BCUT2D eigenvalue weighted by Gasteiger charge is 2.31. The monoisotopic (exact) mass is 668 g/mol. The first-order valence-corrected chi connectivity index (χ1v) is 16.5. The molecule has 13 nitrogen and oxygen atoms in total. The molecule has 3 N–H and O–H groups in total. The van der Waals surface area contributed by atoms with Crippen molar-refractivity contribution in [1.29, 1.82) is 0 Å². The third-order valence-corrected chi connectivity index (χ3v) is 7.87. The summed E-state index contributed by atoms with van der Waals surface area (Å²) in [4.78, 5) is 48.7. The van der Waals surface area contributed by atoms with Gasteiger partial charge in [-0.1, -0.05) is 38.6 Å². The lowest BCUT2D eigenvalue weighted by molar-refractivity contribution is -0.111. The van der Waals surface area contributed by atoms with Gasteiger partial charge in [-0.3, -0.25) is 9.59 Å². The van der Waals surface area contributed by atoms with Crippen molar-refractivity contribution in [1.82, 2.24) is 24.5 Å². The van der Waals surface area contributed by atoms with E-state index in [4.69, 9.17) is 14.5 Å². The van der Waals surface area contributed by atoms with E-state index in [1.165, 1.54) is 6.08 Å². The van der Waals surface area contributed by atoms with Crippen molar-refractivity contribution < 1.29 is 23.9 Å². The topological polar surface area (TPSA) is 152 Å². The maximum atomic E-state index is 13.0. The van der Waals surface area contributed by atoms with Crippen LogP contribution in [0.2, 0.25) is 0 Å². The fourth-order valence-corrected chi connectivity index (χ4v) is 5.44. The molecule has 4 aromatic rings. The van der Waals surface area contributed by atoms with Gasteiger partial charge in [-0.15, -0.1) is 0 Å². The predicted octanol–water partition coefficient (Wildman–Crippen LogP) is 6.41. The first-order chi connectivity index (χ1) is 23.4. The zero-order valence-corrected chi connectivity index (χ0v) is 28.7. The van der Waals surface area contributed by atoms with Gasteiger partial charge in [0.25, 0.3) is 5.91 Å². The summed E-state index contributed by atoms with van der Waals surface area (Å²) in [7, 11) is 0. The summed E-state index contributed by atoms with van der Waals surface area (Å²) in [6.45, 7) is 14.4. The molecule has 49 heavy (non-hydrogen) atoms. The Bertz CT molecular complexity index is 1830. The van der Waals surface area contributed by atoms with Crippen LogP contribution in [0.15, 0.2) is 67.4 Å². The van der Waals surface area contributed by atoms with Crippen molar-refractivity contribution in [3.8, 4) is 6.01 Å². The smallest absolute Gasteiger partial charge is 0.410 e. The molecule has 0 spiro atoms. The molecule has 0 saturated carbocycles. The van der Waals surface area contributed by atoms with Gasteiger partial charge in [-0.25, -0.2) is 4.79 Å². The third kappa shape index (κ3) is 9.12. The first-order valence-electron chi connectivity index (χ1n) is 16.5. The zero-order valence-electron chi connectivity index (χ0n) is 28.7. The zero-order chi connectivity index (χ0) is 35.1. The summed E-state index contributed by atoms with van der Waals surface area (Å²) < 4.78 is 13.5. The Hall–Kier alpha value is -5.46. The van der Waals surface area contributed by atoms with Crippen LogP contribution in [0.4, 0.5) is 22.1 Å². The van der Waals surface area contributed by atoms with Crippen LogP contribution >= 0.6 is 0 Å². The number of amides is 3. The highest BCUT2D eigenvalue weighted by molar-refractivity contribution is 6.06. The van der Waals surface area contributed by atoms with Gasteiger partial charge in [-0.2, -0.15) is 19.6 Å². The molecule has 3 heterocycles. The summed E-state index contributed by atoms with van der Waals surface area (Å²) in [5.41, 5.74) is 3.35. The Labute approximate surface area is 286 Å². The van der Waals surface area contributed by atoms with Crippen molar-refractivity contribution >= 4 is 40.9 Å². The fraction of sp³-hybridized carbons (Fsp3) is 0.389. The molecule has 1 aliphatic rings. The largest absolute Gasteiger partial charge is 0.461 e. The number of anilines is 3. The molecule has 1 unspecified atom stereocenters. The van der Waals surface area contributed by atoms with Crippen LogP contribution < -0.4 is 20.7 Å². The van der Waals surface area contributed by atoms with Gasteiger partial charge in [0.05, 0.1) is 12.2 Å². The molecular weight excluding hydrogens is 624 g/mol.